The summed E-state index contributed by atoms with van der Waals surface area (Å²) in [6, 6.07) is 8.07. The highest BCUT2D eigenvalue weighted by atomic mass is 16.5. The van der Waals surface area contributed by atoms with Gasteiger partial charge in [-0.3, -0.25) is 0 Å². The van der Waals surface area contributed by atoms with Crippen molar-refractivity contribution in [2.24, 2.45) is 5.41 Å². The Labute approximate surface area is 114 Å². The van der Waals surface area contributed by atoms with Crippen molar-refractivity contribution in [3.63, 3.8) is 0 Å². The lowest BCUT2D eigenvalue weighted by Gasteiger charge is -2.16. The van der Waals surface area contributed by atoms with Crippen molar-refractivity contribution >= 4 is 0 Å². The fourth-order valence-corrected chi connectivity index (χ4v) is 2.10. The fraction of sp³-hybridized carbons (Fsp3) is 0.533. The van der Waals surface area contributed by atoms with Crippen LogP contribution in [0, 0.1) is 16.7 Å². The summed E-state index contributed by atoms with van der Waals surface area (Å²) in [5.74, 6) is 1.70. The Morgan fingerprint density at radius 3 is 2.79 bits per heavy atom. The Morgan fingerprint density at radius 2 is 2.21 bits per heavy atom. The molecule has 1 aromatic rings. The van der Waals surface area contributed by atoms with E-state index in [2.05, 4.69) is 11.4 Å². The van der Waals surface area contributed by atoms with Crippen LogP contribution < -0.4 is 14.8 Å². The molecule has 102 valence electrons. The van der Waals surface area contributed by atoms with E-state index >= 15 is 0 Å². The van der Waals surface area contributed by atoms with Gasteiger partial charge in [-0.15, -0.1) is 0 Å². The highest BCUT2D eigenvalue weighted by molar-refractivity contribution is 5.40. The third-order valence-corrected chi connectivity index (χ3v) is 3.58. The second kappa shape index (κ2) is 5.94. The molecule has 4 nitrogen and oxygen atoms in total. The monoisotopic (exact) mass is 260 g/mol. The first-order valence-corrected chi connectivity index (χ1v) is 6.54. The summed E-state index contributed by atoms with van der Waals surface area (Å²) in [7, 11) is 3.56. The second-order valence-corrected chi connectivity index (χ2v) is 5.13. The number of nitrogens with zero attached hydrogens (tertiary/aromatic N) is 1. The third kappa shape index (κ3) is 3.39. The molecule has 1 fully saturated rings. The van der Waals surface area contributed by atoms with Gasteiger partial charge in [0, 0.05) is 23.9 Å². The van der Waals surface area contributed by atoms with Gasteiger partial charge < -0.3 is 14.8 Å². The van der Waals surface area contributed by atoms with Crippen LogP contribution in [0.5, 0.6) is 11.5 Å². The van der Waals surface area contributed by atoms with Crippen LogP contribution >= 0.6 is 0 Å². The van der Waals surface area contributed by atoms with Gasteiger partial charge in [0.1, 0.15) is 11.5 Å². The smallest absolute Gasteiger partial charge is 0.124 e. The minimum atomic E-state index is 0.103. The van der Waals surface area contributed by atoms with Crippen molar-refractivity contribution in [3.8, 4) is 17.6 Å². The van der Waals surface area contributed by atoms with Gasteiger partial charge in [-0.25, -0.2) is 0 Å². The highest BCUT2D eigenvalue weighted by Gasteiger charge is 2.43. The summed E-state index contributed by atoms with van der Waals surface area (Å²) in [6.07, 6.45) is 2.78. The topological polar surface area (TPSA) is 54.3 Å². The minimum absolute atomic E-state index is 0.103. The largest absolute Gasteiger partial charge is 0.497 e. The summed E-state index contributed by atoms with van der Waals surface area (Å²) < 4.78 is 11.1. The van der Waals surface area contributed by atoms with Crippen LogP contribution in [0.4, 0.5) is 0 Å². The molecule has 2 rings (SSSR count). The Hall–Kier alpha value is -1.73. The molecule has 1 N–H and O–H groups in total. The average Bonchev–Trinajstić information content (AvgIpc) is 3.18. The summed E-state index contributed by atoms with van der Waals surface area (Å²) in [5.41, 5.74) is 1.18. The predicted molar refractivity (Wildman–Crippen MR) is 73.1 cm³/mol. The van der Waals surface area contributed by atoms with Crippen LogP contribution in [0.25, 0.3) is 0 Å². The molecule has 0 atom stereocenters. The number of benzene rings is 1. The van der Waals surface area contributed by atoms with Gasteiger partial charge in [0.2, 0.25) is 0 Å². The number of hydrogen-bond donors (Lipinski definition) is 1. The van der Waals surface area contributed by atoms with E-state index in [1.54, 1.807) is 7.11 Å². The molecule has 0 radical (unpaired) electrons. The van der Waals surface area contributed by atoms with Crippen molar-refractivity contribution in [1.82, 2.24) is 5.32 Å². The van der Waals surface area contributed by atoms with Crippen LogP contribution in [0.1, 0.15) is 24.8 Å². The van der Waals surface area contributed by atoms with Crippen LogP contribution in [0.2, 0.25) is 0 Å². The molecular weight excluding hydrogens is 240 g/mol. The molecule has 1 aliphatic carbocycles. The number of methoxy groups -OCH3 is 1. The average molecular weight is 260 g/mol. The maximum Gasteiger partial charge on any atom is 0.124 e. The van der Waals surface area contributed by atoms with Crippen molar-refractivity contribution in [1.29, 1.82) is 5.26 Å². The molecule has 1 saturated carbocycles. The SMILES string of the molecule is CNCc1cc(OC)ccc1OCC1(CC#N)CC1. The summed E-state index contributed by atoms with van der Waals surface area (Å²) in [4.78, 5) is 0. The molecular formula is C15H20N2O2. The van der Waals surface area contributed by atoms with Crippen molar-refractivity contribution in [2.75, 3.05) is 20.8 Å². The second-order valence-electron chi connectivity index (χ2n) is 5.13. The quantitative estimate of drug-likeness (QED) is 0.818. The molecule has 4 heteroatoms. The van der Waals surface area contributed by atoms with Gasteiger partial charge >= 0.3 is 0 Å². The predicted octanol–water partition coefficient (Wildman–Crippen LogP) is 2.49. The first-order chi connectivity index (χ1) is 9.23. The number of nitrogens with one attached hydrogen (secondary N) is 1. The van der Waals surface area contributed by atoms with Gasteiger partial charge in [-0.2, -0.15) is 5.26 Å². The van der Waals surface area contributed by atoms with Gasteiger partial charge in [-0.05, 0) is 38.1 Å². The lowest BCUT2D eigenvalue weighted by Crippen LogP contribution is -2.14. The normalized spacial score (nSPS) is 15.6. The fourth-order valence-electron chi connectivity index (χ4n) is 2.10. The van der Waals surface area contributed by atoms with E-state index in [4.69, 9.17) is 14.7 Å². The first-order valence-electron chi connectivity index (χ1n) is 6.54. The third-order valence-electron chi connectivity index (χ3n) is 3.58. The lowest BCUT2D eigenvalue weighted by molar-refractivity contribution is 0.234. The molecule has 0 amide bonds. The Balaban J connectivity index is 2.05. The molecule has 0 saturated heterocycles. The Morgan fingerprint density at radius 1 is 1.42 bits per heavy atom. The maximum absolute atomic E-state index is 8.81. The molecule has 0 unspecified atom stereocenters. The zero-order chi connectivity index (χ0) is 13.7. The van der Waals surface area contributed by atoms with E-state index in [1.165, 1.54) is 0 Å². The van der Waals surface area contributed by atoms with E-state index < -0.39 is 0 Å². The molecule has 0 aliphatic heterocycles. The molecule has 0 spiro atoms. The lowest BCUT2D eigenvalue weighted by atomic mass is 10.1. The number of ether oxygens (including phenoxy) is 2. The summed E-state index contributed by atoms with van der Waals surface area (Å²) in [5, 5.41) is 11.9. The standard InChI is InChI=1S/C15H20N2O2/c1-17-10-12-9-13(18-2)3-4-14(12)19-11-15(5-6-15)7-8-16/h3-4,9,17H,5-7,10-11H2,1-2H3. The van der Waals surface area contributed by atoms with Crippen LogP contribution in [0.15, 0.2) is 18.2 Å². The van der Waals surface area contributed by atoms with E-state index in [-0.39, 0.29) is 5.41 Å². The molecule has 0 aromatic heterocycles. The zero-order valence-corrected chi connectivity index (χ0v) is 11.5. The minimum Gasteiger partial charge on any atom is -0.497 e. The van der Waals surface area contributed by atoms with Crippen LogP contribution in [-0.4, -0.2) is 20.8 Å². The first kappa shape index (κ1) is 13.7. The Kier molecular flexibility index (Phi) is 4.28. The maximum atomic E-state index is 8.81. The van der Waals surface area contributed by atoms with Crippen molar-refractivity contribution in [2.45, 2.75) is 25.8 Å². The molecule has 1 aromatic carbocycles. The van der Waals surface area contributed by atoms with Gasteiger partial charge in [-0.1, -0.05) is 0 Å². The van der Waals surface area contributed by atoms with E-state index in [9.17, 15) is 0 Å². The van der Waals surface area contributed by atoms with Gasteiger partial charge in [0.25, 0.3) is 0 Å². The highest BCUT2D eigenvalue weighted by Crippen LogP contribution is 2.48. The van der Waals surface area contributed by atoms with Crippen molar-refractivity contribution in [3.05, 3.63) is 23.8 Å². The number of hydrogen-bond acceptors (Lipinski definition) is 4. The zero-order valence-electron chi connectivity index (χ0n) is 11.5. The molecule has 1 aliphatic rings. The van der Waals surface area contributed by atoms with Gasteiger partial charge in [0.15, 0.2) is 0 Å². The van der Waals surface area contributed by atoms with E-state index in [0.717, 1.165) is 36.4 Å². The molecule has 0 heterocycles. The van der Waals surface area contributed by atoms with E-state index in [1.807, 2.05) is 25.2 Å². The molecule has 0 bridgehead atoms. The van der Waals surface area contributed by atoms with E-state index in [0.29, 0.717) is 13.0 Å². The summed E-state index contributed by atoms with van der Waals surface area (Å²) >= 11 is 0. The Bertz CT molecular complexity index is 476. The van der Waals surface area contributed by atoms with Gasteiger partial charge in [0.05, 0.1) is 19.8 Å². The van der Waals surface area contributed by atoms with Crippen LogP contribution in [0.3, 0.4) is 0 Å². The summed E-state index contributed by atoms with van der Waals surface area (Å²) in [6.45, 7) is 1.36. The van der Waals surface area contributed by atoms with Crippen LogP contribution in [-0.2, 0) is 6.54 Å². The number of rotatable bonds is 7. The molecule has 19 heavy (non-hydrogen) atoms. The van der Waals surface area contributed by atoms with Crippen molar-refractivity contribution < 1.29 is 9.47 Å². The number of nitriles is 1.